The minimum Gasteiger partial charge on any atom is -0.308 e. The van der Waals surface area contributed by atoms with E-state index in [0.29, 0.717) is 6.04 Å². The molecule has 1 aliphatic rings. The molecule has 102 valence electrons. The molecule has 0 spiro atoms. The first kappa shape index (κ1) is 13.6. The van der Waals surface area contributed by atoms with Gasteiger partial charge in [0.25, 0.3) is 0 Å². The molecule has 0 saturated carbocycles. The van der Waals surface area contributed by atoms with Crippen LogP contribution in [0.2, 0.25) is 0 Å². The van der Waals surface area contributed by atoms with Crippen molar-refractivity contribution in [2.75, 3.05) is 20.1 Å². The summed E-state index contributed by atoms with van der Waals surface area (Å²) in [5.41, 5.74) is 1.31. The first-order valence-electron chi connectivity index (χ1n) is 7.13. The van der Waals surface area contributed by atoms with E-state index in [4.69, 9.17) is 0 Å². The molecule has 1 fully saturated rings. The highest BCUT2D eigenvalue weighted by molar-refractivity contribution is 5.00. The summed E-state index contributed by atoms with van der Waals surface area (Å²) in [5, 5.41) is 8.07. The van der Waals surface area contributed by atoms with Crippen LogP contribution < -0.4 is 5.32 Å². The summed E-state index contributed by atoms with van der Waals surface area (Å²) in [4.78, 5) is 2.42. The molecule has 0 radical (unpaired) electrons. The van der Waals surface area contributed by atoms with Crippen LogP contribution in [0.4, 0.5) is 0 Å². The van der Waals surface area contributed by atoms with Crippen molar-refractivity contribution in [1.82, 2.24) is 20.0 Å². The van der Waals surface area contributed by atoms with E-state index >= 15 is 0 Å². The molecule has 0 amide bonds. The van der Waals surface area contributed by atoms with Crippen LogP contribution in [0.5, 0.6) is 0 Å². The molecule has 2 unspecified atom stereocenters. The van der Waals surface area contributed by atoms with Gasteiger partial charge in [-0.3, -0.25) is 4.68 Å². The van der Waals surface area contributed by atoms with E-state index in [1.165, 1.54) is 25.2 Å². The number of nitrogens with zero attached hydrogens (tertiary/aromatic N) is 3. The van der Waals surface area contributed by atoms with E-state index in [1.54, 1.807) is 0 Å². The molecular weight excluding hydrogens is 224 g/mol. The molecule has 1 saturated heterocycles. The van der Waals surface area contributed by atoms with Gasteiger partial charge >= 0.3 is 0 Å². The third kappa shape index (κ3) is 3.33. The Hall–Kier alpha value is -0.870. The second-order valence-electron chi connectivity index (χ2n) is 5.56. The fourth-order valence-corrected chi connectivity index (χ4v) is 2.82. The van der Waals surface area contributed by atoms with Gasteiger partial charge in [-0.2, -0.15) is 5.10 Å². The van der Waals surface area contributed by atoms with Crippen LogP contribution in [0.15, 0.2) is 12.3 Å². The van der Waals surface area contributed by atoms with E-state index in [1.807, 2.05) is 6.20 Å². The smallest absolute Gasteiger partial charge is 0.0522 e. The predicted molar refractivity (Wildman–Crippen MR) is 74.4 cm³/mol. The van der Waals surface area contributed by atoms with Crippen molar-refractivity contribution in [1.29, 1.82) is 0 Å². The van der Waals surface area contributed by atoms with Gasteiger partial charge < -0.3 is 10.2 Å². The largest absolute Gasteiger partial charge is 0.308 e. The van der Waals surface area contributed by atoms with Gasteiger partial charge in [0.2, 0.25) is 0 Å². The first-order valence-corrected chi connectivity index (χ1v) is 7.13. The number of aromatic nitrogens is 2. The standard InChI is InChI=1S/C14H26N4/c1-4-8-18-13(5-7-16-18)10-15-14-6-9-17(3)11-12(14)2/h5,7,12,14-15H,4,6,8-11H2,1-3H3. The van der Waals surface area contributed by atoms with Crippen LogP contribution in [0.3, 0.4) is 0 Å². The quantitative estimate of drug-likeness (QED) is 0.864. The minimum atomic E-state index is 0.645. The maximum Gasteiger partial charge on any atom is 0.0522 e. The second kappa shape index (κ2) is 6.34. The van der Waals surface area contributed by atoms with Crippen molar-refractivity contribution in [2.45, 2.75) is 45.8 Å². The lowest BCUT2D eigenvalue weighted by molar-refractivity contribution is 0.173. The highest BCUT2D eigenvalue weighted by atomic mass is 15.3. The Kier molecular flexibility index (Phi) is 4.78. The van der Waals surface area contributed by atoms with Crippen LogP contribution in [-0.4, -0.2) is 40.9 Å². The maximum absolute atomic E-state index is 4.37. The maximum atomic E-state index is 4.37. The van der Waals surface area contributed by atoms with E-state index < -0.39 is 0 Å². The van der Waals surface area contributed by atoms with Gasteiger partial charge in [0.1, 0.15) is 0 Å². The first-order chi connectivity index (χ1) is 8.70. The molecule has 0 aromatic carbocycles. The van der Waals surface area contributed by atoms with Gasteiger partial charge in [-0.05, 0) is 38.4 Å². The number of likely N-dealkylation sites (tertiary alicyclic amines) is 1. The van der Waals surface area contributed by atoms with Gasteiger partial charge in [-0.1, -0.05) is 13.8 Å². The molecule has 4 heteroatoms. The van der Waals surface area contributed by atoms with E-state index in [2.05, 4.69) is 47.0 Å². The van der Waals surface area contributed by atoms with Gasteiger partial charge in [0.15, 0.2) is 0 Å². The molecule has 1 aliphatic heterocycles. The van der Waals surface area contributed by atoms with Crippen LogP contribution in [0.25, 0.3) is 0 Å². The van der Waals surface area contributed by atoms with E-state index in [-0.39, 0.29) is 0 Å². The molecule has 2 atom stereocenters. The summed E-state index contributed by atoms with van der Waals surface area (Å²) in [6.45, 7) is 8.91. The van der Waals surface area contributed by atoms with Gasteiger partial charge in [0, 0.05) is 31.9 Å². The van der Waals surface area contributed by atoms with E-state index in [9.17, 15) is 0 Å². The zero-order valence-corrected chi connectivity index (χ0v) is 11.9. The fraction of sp³-hybridized carbons (Fsp3) is 0.786. The lowest BCUT2D eigenvalue weighted by atomic mass is 9.94. The van der Waals surface area contributed by atoms with Crippen LogP contribution in [0, 0.1) is 5.92 Å². The summed E-state index contributed by atoms with van der Waals surface area (Å²) in [7, 11) is 2.21. The summed E-state index contributed by atoms with van der Waals surface area (Å²) in [6, 6.07) is 2.77. The summed E-state index contributed by atoms with van der Waals surface area (Å²) in [6.07, 6.45) is 4.30. The SMILES string of the molecule is CCCn1nccc1CNC1CCN(C)CC1C. The number of piperidine rings is 1. The zero-order chi connectivity index (χ0) is 13.0. The van der Waals surface area contributed by atoms with Crippen molar-refractivity contribution < 1.29 is 0 Å². The molecule has 1 aromatic heterocycles. The summed E-state index contributed by atoms with van der Waals surface area (Å²) >= 11 is 0. The molecule has 0 bridgehead atoms. The molecule has 2 rings (SSSR count). The van der Waals surface area contributed by atoms with E-state index in [0.717, 1.165) is 25.4 Å². The molecule has 0 aliphatic carbocycles. The number of hydrogen-bond acceptors (Lipinski definition) is 3. The van der Waals surface area contributed by atoms with Gasteiger partial charge in [-0.15, -0.1) is 0 Å². The third-order valence-electron chi connectivity index (χ3n) is 3.89. The van der Waals surface area contributed by atoms with Crippen molar-refractivity contribution in [3.63, 3.8) is 0 Å². The Morgan fingerprint density at radius 2 is 2.33 bits per heavy atom. The Morgan fingerprint density at radius 1 is 1.50 bits per heavy atom. The lowest BCUT2D eigenvalue weighted by Crippen LogP contribution is -2.46. The topological polar surface area (TPSA) is 33.1 Å². The number of hydrogen-bond donors (Lipinski definition) is 1. The minimum absolute atomic E-state index is 0.645. The average Bonchev–Trinajstić information content (AvgIpc) is 2.76. The Balaban J connectivity index is 1.85. The predicted octanol–water partition coefficient (Wildman–Crippen LogP) is 1.72. The highest BCUT2D eigenvalue weighted by Gasteiger charge is 2.23. The molecular formula is C14H26N4. The van der Waals surface area contributed by atoms with Gasteiger partial charge in [-0.25, -0.2) is 0 Å². The Labute approximate surface area is 110 Å². The monoisotopic (exact) mass is 250 g/mol. The summed E-state index contributed by atoms with van der Waals surface area (Å²) in [5.74, 6) is 0.728. The number of nitrogens with one attached hydrogen (secondary N) is 1. The van der Waals surface area contributed by atoms with Crippen LogP contribution in [0.1, 0.15) is 32.4 Å². The van der Waals surface area contributed by atoms with Crippen molar-refractivity contribution in [3.8, 4) is 0 Å². The lowest BCUT2D eigenvalue weighted by Gasteiger charge is -2.35. The molecule has 4 nitrogen and oxygen atoms in total. The van der Waals surface area contributed by atoms with Crippen molar-refractivity contribution in [3.05, 3.63) is 18.0 Å². The number of rotatable bonds is 5. The Morgan fingerprint density at radius 3 is 3.06 bits per heavy atom. The highest BCUT2D eigenvalue weighted by Crippen LogP contribution is 2.16. The third-order valence-corrected chi connectivity index (χ3v) is 3.89. The zero-order valence-electron chi connectivity index (χ0n) is 11.9. The molecule has 18 heavy (non-hydrogen) atoms. The second-order valence-corrected chi connectivity index (χ2v) is 5.56. The normalized spacial score (nSPS) is 25.5. The Bertz CT molecular complexity index is 360. The fourth-order valence-electron chi connectivity index (χ4n) is 2.82. The van der Waals surface area contributed by atoms with Crippen molar-refractivity contribution in [2.24, 2.45) is 5.92 Å². The van der Waals surface area contributed by atoms with Gasteiger partial charge in [0.05, 0.1) is 5.69 Å². The van der Waals surface area contributed by atoms with Crippen LogP contribution >= 0.6 is 0 Å². The average molecular weight is 250 g/mol. The van der Waals surface area contributed by atoms with Crippen molar-refractivity contribution >= 4 is 0 Å². The van der Waals surface area contributed by atoms with Crippen LogP contribution in [-0.2, 0) is 13.1 Å². The molecule has 1 N–H and O–H groups in total. The number of aryl methyl sites for hydroxylation is 1. The molecule has 2 heterocycles. The molecule has 1 aromatic rings. The summed E-state index contributed by atoms with van der Waals surface area (Å²) < 4.78 is 2.12.